The molecule has 0 amide bonds. The van der Waals surface area contributed by atoms with Crippen LogP contribution >= 0.6 is 24.0 Å². The number of hydrogen-bond acceptors (Lipinski definition) is 7. The predicted octanol–water partition coefficient (Wildman–Crippen LogP) is -0.0487. The van der Waals surface area contributed by atoms with Crippen LogP contribution in [0.15, 0.2) is 21.8 Å². The van der Waals surface area contributed by atoms with Crippen molar-refractivity contribution in [3.63, 3.8) is 0 Å². The number of halogens is 1. The van der Waals surface area contributed by atoms with Gasteiger partial charge in [0.15, 0.2) is 5.96 Å². The molecule has 0 saturated carbocycles. The smallest absolute Gasteiger partial charge is 0.220 e. The molecular formula is C18H34IN7O3S. The van der Waals surface area contributed by atoms with E-state index in [2.05, 4.69) is 44.1 Å². The molecule has 0 spiro atoms. The molecule has 2 aliphatic rings. The number of sulfonamides is 1. The third kappa shape index (κ3) is 6.77. The summed E-state index contributed by atoms with van der Waals surface area (Å²) in [5.74, 6) is 0.707. The van der Waals surface area contributed by atoms with E-state index in [9.17, 15) is 8.42 Å². The second-order valence-corrected chi connectivity index (χ2v) is 9.72. The summed E-state index contributed by atoms with van der Waals surface area (Å²) in [4.78, 5) is 11.4. The van der Waals surface area contributed by atoms with E-state index >= 15 is 0 Å². The first-order valence-electron chi connectivity index (χ1n) is 10.1. The lowest BCUT2D eigenvalue weighted by Crippen LogP contribution is -2.56. The topological polar surface area (TPSA) is 97.5 Å². The molecule has 1 atom stereocenters. The second kappa shape index (κ2) is 11.6. The van der Waals surface area contributed by atoms with Gasteiger partial charge in [-0.05, 0) is 14.0 Å². The van der Waals surface area contributed by atoms with Crippen molar-refractivity contribution in [3.05, 3.63) is 18.0 Å². The minimum Gasteiger partial charge on any atom is -0.364 e. The van der Waals surface area contributed by atoms with Crippen molar-refractivity contribution in [2.75, 3.05) is 73.0 Å². The van der Waals surface area contributed by atoms with Crippen molar-refractivity contribution in [3.8, 4) is 0 Å². The lowest BCUT2D eigenvalue weighted by molar-refractivity contribution is 0.119. The molecule has 0 radical (unpaired) electrons. The molecule has 30 heavy (non-hydrogen) atoms. The minimum absolute atomic E-state index is 0. The first-order valence-corrected chi connectivity index (χ1v) is 11.8. The average Bonchev–Trinajstić information content (AvgIpc) is 3.21. The maximum Gasteiger partial charge on any atom is 0.220 e. The molecule has 0 aliphatic carbocycles. The number of aliphatic imine (C=N–C) groups is 1. The molecule has 0 bridgehead atoms. The molecule has 12 heteroatoms. The van der Waals surface area contributed by atoms with Gasteiger partial charge < -0.3 is 19.6 Å². The molecule has 1 unspecified atom stereocenters. The highest BCUT2D eigenvalue weighted by Gasteiger charge is 2.29. The zero-order chi connectivity index (χ0) is 20.9. The SMILES string of the molecule is CN=C(NCC(C)N1CCN(C)CC1)N1CCN(S(=O)(=O)Cc2ccon2)CC1.I. The Morgan fingerprint density at radius 2 is 1.87 bits per heavy atom. The number of aromatic nitrogens is 1. The summed E-state index contributed by atoms with van der Waals surface area (Å²) in [6, 6.07) is 2.01. The van der Waals surface area contributed by atoms with Crippen LogP contribution in [0, 0.1) is 0 Å². The summed E-state index contributed by atoms with van der Waals surface area (Å²) in [5.41, 5.74) is 0.433. The normalized spacial score (nSPS) is 21.3. The van der Waals surface area contributed by atoms with Crippen LogP contribution in [-0.2, 0) is 15.8 Å². The molecule has 10 nitrogen and oxygen atoms in total. The van der Waals surface area contributed by atoms with Crippen LogP contribution in [0.5, 0.6) is 0 Å². The average molecular weight is 555 g/mol. The van der Waals surface area contributed by atoms with Crippen LogP contribution in [0.2, 0.25) is 0 Å². The number of hydrogen-bond donors (Lipinski definition) is 1. The van der Waals surface area contributed by atoms with Crippen molar-refractivity contribution in [1.82, 2.24) is 29.5 Å². The van der Waals surface area contributed by atoms with Gasteiger partial charge in [-0.2, -0.15) is 4.31 Å². The van der Waals surface area contributed by atoms with E-state index < -0.39 is 10.0 Å². The first-order chi connectivity index (χ1) is 13.9. The highest BCUT2D eigenvalue weighted by molar-refractivity contribution is 14.0. The standard InChI is InChI=1S/C18H33N7O3S.HI/c1-16(23-7-5-22(3)6-8-23)14-20-18(19-2)24-9-11-25(12-10-24)29(26,27)15-17-4-13-28-21-17;/h4,13,16H,5-12,14-15H2,1-3H3,(H,19,20);1H. The van der Waals surface area contributed by atoms with Gasteiger partial charge in [-0.3, -0.25) is 9.89 Å². The zero-order valence-corrected chi connectivity index (χ0v) is 21.2. The van der Waals surface area contributed by atoms with Gasteiger partial charge in [0.1, 0.15) is 12.0 Å². The number of piperazine rings is 2. The maximum absolute atomic E-state index is 12.6. The number of nitrogens with zero attached hydrogens (tertiary/aromatic N) is 6. The molecular weight excluding hydrogens is 521 g/mol. The quantitative estimate of drug-likeness (QED) is 0.297. The van der Waals surface area contributed by atoms with Gasteiger partial charge in [0.05, 0.1) is 5.69 Å². The van der Waals surface area contributed by atoms with E-state index in [1.54, 1.807) is 13.1 Å². The van der Waals surface area contributed by atoms with Crippen molar-refractivity contribution < 1.29 is 12.9 Å². The molecule has 172 valence electrons. The minimum atomic E-state index is -3.39. The van der Waals surface area contributed by atoms with Crippen LogP contribution in [0.4, 0.5) is 0 Å². The number of guanidine groups is 1. The largest absolute Gasteiger partial charge is 0.364 e. The summed E-state index contributed by atoms with van der Waals surface area (Å²) in [6.45, 7) is 9.53. The lowest BCUT2D eigenvalue weighted by atomic mass is 10.2. The van der Waals surface area contributed by atoms with Crippen LogP contribution in [0.25, 0.3) is 0 Å². The van der Waals surface area contributed by atoms with E-state index in [4.69, 9.17) is 4.52 Å². The lowest BCUT2D eigenvalue weighted by Gasteiger charge is -2.38. The van der Waals surface area contributed by atoms with Gasteiger partial charge in [-0.25, -0.2) is 8.42 Å². The van der Waals surface area contributed by atoms with Crippen molar-refractivity contribution >= 4 is 40.0 Å². The van der Waals surface area contributed by atoms with Gasteiger partial charge in [0.2, 0.25) is 10.0 Å². The van der Waals surface area contributed by atoms with Gasteiger partial charge in [0, 0.05) is 78.1 Å². The molecule has 0 aromatic carbocycles. The van der Waals surface area contributed by atoms with Crippen molar-refractivity contribution in [2.45, 2.75) is 18.7 Å². The highest BCUT2D eigenvalue weighted by Crippen LogP contribution is 2.13. The van der Waals surface area contributed by atoms with Gasteiger partial charge in [-0.15, -0.1) is 24.0 Å². The maximum atomic E-state index is 12.6. The molecule has 1 N–H and O–H groups in total. The molecule has 2 saturated heterocycles. The van der Waals surface area contributed by atoms with Crippen LogP contribution in [0.1, 0.15) is 12.6 Å². The highest BCUT2D eigenvalue weighted by atomic mass is 127. The third-order valence-corrected chi connectivity index (χ3v) is 7.49. The van der Waals surface area contributed by atoms with Crippen molar-refractivity contribution in [2.24, 2.45) is 4.99 Å². The Labute approximate surface area is 196 Å². The molecule has 1 aromatic rings. The predicted molar refractivity (Wildman–Crippen MR) is 128 cm³/mol. The Kier molecular flexibility index (Phi) is 9.78. The van der Waals surface area contributed by atoms with Gasteiger partial charge >= 0.3 is 0 Å². The number of rotatable bonds is 6. The Morgan fingerprint density at radius 3 is 2.43 bits per heavy atom. The molecule has 2 aliphatic heterocycles. The zero-order valence-electron chi connectivity index (χ0n) is 18.0. The van der Waals surface area contributed by atoms with E-state index in [0.29, 0.717) is 37.9 Å². The summed E-state index contributed by atoms with van der Waals surface area (Å²) < 4.78 is 31.4. The third-order valence-electron chi connectivity index (χ3n) is 5.68. The monoisotopic (exact) mass is 555 g/mol. The van der Waals surface area contributed by atoms with Gasteiger partial charge in [-0.1, -0.05) is 5.16 Å². The van der Waals surface area contributed by atoms with Crippen LogP contribution < -0.4 is 5.32 Å². The molecule has 3 heterocycles. The van der Waals surface area contributed by atoms with E-state index in [0.717, 1.165) is 38.7 Å². The van der Waals surface area contributed by atoms with Gasteiger partial charge in [0.25, 0.3) is 0 Å². The summed E-state index contributed by atoms with van der Waals surface area (Å²) >= 11 is 0. The van der Waals surface area contributed by atoms with E-state index in [1.807, 2.05) is 0 Å². The second-order valence-electron chi connectivity index (χ2n) is 7.75. The fourth-order valence-electron chi connectivity index (χ4n) is 3.73. The Morgan fingerprint density at radius 1 is 1.20 bits per heavy atom. The van der Waals surface area contributed by atoms with Crippen LogP contribution in [0.3, 0.4) is 0 Å². The van der Waals surface area contributed by atoms with E-state index in [-0.39, 0.29) is 29.7 Å². The van der Waals surface area contributed by atoms with Crippen molar-refractivity contribution in [1.29, 1.82) is 0 Å². The Bertz CT molecular complexity index is 759. The molecule has 2 fully saturated rings. The summed E-state index contributed by atoms with van der Waals surface area (Å²) in [6.07, 6.45) is 1.39. The Balaban J connectivity index is 0.00000320. The summed E-state index contributed by atoms with van der Waals surface area (Å²) in [5, 5.41) is 7.18. The van der Waals surface area contributed by atoms with E-state index in [1.165, 1.54) is 10.6 Å². The fraction of sp³-hybridized carbons (Fsp3) is 0.778. The molecule has 1 aromatic heterocycles. The number of nitrogens with one attached hydrogen (secondary N) is 1. The number of likely N-dealkylation sites (N-methyl/N-ethyl adjacent to an activating group) is 1. The molecule has 3 rings (SSSR count). The fourth-order valence-corrected chi connectivity index (χ4v) is 5.16. The van der Waals surface area contributed by atoms with Crippen LogP contribution in [-0.4, -0.2) is 118 Å². The Hall–Kier alpha value is -0.960. The summed E-state index contributed by atoms with van der Waals surface area (Å²) in [7, 11) is 0.541. The first kappa shape index (κ1) is 25.3.